The summed E-state index contributed by atoms with van der Waals surface area (Å²) < 4.78 is 10.2. The van der Waals surface area contributed by atoms with Crippen LogP contribution < -0.4 is 0 Å². The Kier molecular flexibility index (Phi) is 15.0. The summed E-state index contributed by atoms with van der Waals surface area (Å²) in [5.74, 6) is 0. The molecule has 4 rings (SSSR count). The Morgan fingerprint density at radius 1 is 0.409 bits per heavy atom. The fourth-order valence-corrected chi connectivity index (χ4v) is 6.68. The molecule has 6 nitrogen and oxygen atoms in total. The second kappa shape index (κ2) is 15.8. The van der Waals surface area contributed by atoms with Crippen molar-refractivity contribution in [2.24, 2.45) is 0 Å². The molecule has 4 aliphatic rings. The highest BCUT2D eigenvalue weighted by Crippen LogP contribution is 2.29. The Balaban J connectivity index is 0.000000294. The van der Waals surface area contributed by atoms with Gasteiger partial charge in [-0.1, -0.05) is 0 Å². The monoisotopic (exact) mass is 628 g/mol. The molecule has 4 fully saturated rings. The van der Waals surface area contributed by atoms with E-state index in [-0.39, 0.29) is 0 Å². The normalized spacial score (nSPS) is 25.3. The number of hydrogen-bond acceptors (Lipinski definition) is 2. The number of ether oxygens (including phenoxy) is 1. The number of quaternary nitrogens is 4. The molecule has 264 valence electrons. The van der Waals surface area contributed by atoms with Crippen LogP contribution in [-0.4, -0.2) is 159 Å². The zero-order valence-corrected chi connectivity index (χ0v) is 33.7. The van der Waals surface area contributed by atoms with Crippen LogP contribution in [0.2, 0.25) is 0 Å². The first kappa shape index (κ1) is 41.8. The molecule has 0 saturated carbocycles. The van der Waals surface area contributed by atoms with Crippen molar-refractivity contribution in [3.8, 4) is 0 Å². The molecule has 0 N–H and O–H groups in total. The van der Waals surface area contributed by atoms with E-state index >= 15 is 0 Å². The highest BCUT2D eigenvalue weighted by molar-refractivity contribution is 4.77. The van der Waals surface area contributed by atoms with Gasteiger partial charge in [-0.25, -0.2) is 0 Å². The number of rotatable bonds is 0. The van der Waals surface area contributed by atoms with Crippen LogP contribution in [0.5, 0.6) is 0 Å². The fraction of sp³-hybridized carbons (Fsp3) is 1.00. The van der Waals surface area contributed by atoms with Gasteiger partial charge in [0.25, 0.3) is 0 Å². The topological polar surface area (TPSA) is 12.5 Å². The summed E-state index contributed by atoms with van der Waals surface area (Å²) in [5, 5.41) is 0. The second-order valence-electron chi connectivity index (χ2n) is 20.0. The molecule has 44 heavy (non-hydrogen) atoms. The van der Waals surface area contributed by atoms with Crippen LogP contribution in [0.25, 0.3) is 0 Å². The van der Waals surface area contributed by atoms with Gasteiger partial charge in [0, 0.05) is 31.5 Å². The third kappa shape index (κ3) is 12.8. The van der Waals surface area contributed by atoms with E-state index in [1.807, 2.05) is 0 Å². The van der Waals surface area contributed by atoms with Crippen LogP contribution >= 0.6 is 0 Å². The van der Waals surface area contributed by atoms with Crippen LogP contribution in [0, 0.1) is 0 Å². The molecule has 0 atom stereocenters. The molecule has 0 unspecified atom stereocenters. The van der Waals surface area contributed by atoms with Crippen molar-refractivity contribution >= 4 is 0 Å². The van der Waals surface area contributed by atoms with Gasteiger partial charge in [-0.3, -0.25) is 4.90 Å². The summed E-state index contributed by atoms with van der Waals surface area (Å²) in [7, 11) is 11.7. The maximum absolute atomic E-state index is 5.34. The van der Waals surface area contributed by atoms with E-state index in [2.05, 4.69) is 123 Å². The molecule has 0 aromatic heterocycles. The predicted molar refractivity (Wildman–Crippen MR) is 194 cm³/mol. The molecule has 0 aromatic carbocycles. The lowest BCUT2D eigenvalue weighted by atomic mass is 9.97. The molecule has 0 aromatic rings. The third-order valence-corrected chi connectivity index (χ3v) is 12.6. The van der Waals surface area contributed by atoms with Crippen LogP contribution in [-0.2, 0) is 4.74 Å². The Morgan fingerprint density at radius 2 is 0.705 bits per heavy atom. The van der Waals surface area contributed by atoms with Crippen LogP contribution in [0.3, 0.4) is 0 Å². The van der Waals surface area contributed by atoms with Crippen molar-refractivity contribution in [3.05, 3.63) is 0 Å². The zero-order valence-electron chi connectivity index (χ0n) is 33.7. The summed E-state index contributed by atoms with van der Waals surface area (Å²) in [4.78, 5) is 2.58. The van der Waals surface area contributed by atoms with Gasteiger partial charge in [0.05, 0.1) is 104 Å². The SMILES string of the molecule is CC(C)(C)N1CC[N+](C)(C)CC1.CC(C)(C)[N+]1(C)CCCC1.CC(C)(C)[N+]1(C)CCCCC1.CC(C)(C)[N+]1(C)CCOCC1. The van der Waals surface area contributed by atoms with E-state index in [1.54, 1.807) is 0 Å². The van der Waals surface area contributed by atoms with E-state index in [0.29, 0.717) is 22.2 Å². The minimum absolute atomic E-state index is 0.362. The fourth-order valence-electron chi connectivity index (χ4n) is 6.68. The van der Waals surface area contributed by atoms with E-state index in [4.69, 9.17) is 4.74 Å². The Hall–Kier alpha value is -0.240. The molecule has 0 bridgehead atoms. The number of likely N-dealkylation sites (tertiary alicyclic amines) is 2. The van der Waals surface area contributed by atoms with Crippen molar-refractivity contribution in [2.45, 2.75) is 137 Å². The van der Waals surface area contributed by atoms with Gasteiger partial charge in [0.1, 0.15) is 13.1 Å². The molecule has 0 amide bonds. The van der Waals surface area contributed by atoms with Crippen molar-refractivity contribution in [3.63, 3.8) is 0 Å². The van der Waals surface area contributed by atoms with E-state index in [0.717, 1.165) is 30.8 Å². The number of piperidine rings is 1. The molecule has 6 heteroatoms. The highest BCUT2D eigenvalue weighted by Gasteiger charge is 2.39. The molecular weight excluding hydrogens is 542 g/mol. The van der Waals surface area contributed by atoms with Crippen LogP contribution in [0.1, 0.15) is 115 Å². The predicted octanol–water partition coefficient (Wildman–Crippen LogP) is 6.88. The molecule has 0 radical (unpaired) electrons. The summed E-state index contributed by atoms with van der Waals surface area (Å²) in [6, 6.07) is 0. The molecule has 4 saturated heterocycles. The highest BCUT2D eigenvalue weighted by atomic mass is 16.5. The number of morpholine rings is 1. The Bertz CT molecular complexity index is 762. The Morgan fingerprint density at radius 3 is 0.955 bits per heavy atom. The van der Waals surface area contributed by atoms with Crippen LogP contribution in [0.15, 0.2) is 0 Å². The van der Waals surface area contributed by atoms with E-state index < -0.39 is 0 Å². The summed E-state index contributed by atoms with van der Waals surface area (Å²) in [5.41, 5.74) is 1.63. The first-order valence-electron chi connectivity index (χ1n) is 18.4. The van der Waals surface area contributed by atoms with Gasteiger partial charge in [-0.05, 0) is 102 Å². The zero-order chi connectivity index (χ0) is 34.3. The molecule has 0 aliphatic carbocycles. The number of piperazine rings is 1. The minimum Gasteiger partial charge on any atom is -0.370 e. The average molecular weight is 628 g/mol. The van der Waals surface area contributed by atoms with E-state index in [9.17, 15) is 0 Å². The lowest BCUT2D eigenvalue weighted by Crippen LogP contribution is -2.62. The number of nitrogens with zero attached hydrogens (tertiary/aromatic N) is 5. The van der Waals surface area contributed by atoms with Crippen molar-refractivity contribution in [1.29, 1.82) is 0 Å². The molecular formula is C38H85N5O+4. The van der Waals surface area contributed by atoms with Gasteiger partial charge >= 0.3 is 0 Å². The van der Waals surface area contributed by atoms with Crippen molar-refractivity contribution in [1.82, 2.24) is 4.90 Å². The third-order valence-electron chi connectivity index (χ3n) is 12.6. The summed E-state index contributed by atoms with van der Waals surface area (Å²) in [6.45, 7) is 42.7. The van der Waals surface area contributed by atoms with Gasteiger partial charge in [0.15, 0.2) is 0 Å². The number of likely N-dealkylation sites (N-methyl/N-ethyl adjacent to an activating group) is 2. The lowest BCUT2D eigenvalue weighted by Gasteiger charge is -2.48. The smallest absolute Gasteiger partial charge is 0.103 e. The van der Waals surface area contributed by atoms with Crippen molar-refractivity contribution < 1.29 is 22.7 Å². The molecule has 0 spiro atoms. The van der Waals surface area contributed by atoms with Gasteiger partial charge in [0.2, 0.25) is 0 Å². The maximum Gasteiger partial charge on any atom is 0.103 e. The first-order chi connectivity index (χ1) is 19.7. The first-order valence-corrected chi connectivity index (χ1v) is 18.4. The average Bonchev–Trinajstić information content (AvgIpc) is 3.32. The molecule has 4 heterocycles. The maximum atomic E-state index is 5.34. The minimum atomic E-state index is 0.362. The van der Waals surface area contributed by atoms with Gasteiger partial charge < -0.3 is 22.7 Å². The van der Waals surface area contributed by atoms with Gasteiger partial charge in [-0.2, -0.15) is 0 Å². The van der Waals surface area contributed by atoms with Crippen molar-refractivity contribution in [2.75, 3.05) is 114 Å². The Labute approximate surface area is 278 Å². The van der Waals surface area contributed by atoms with Gasteiger partial charge in [-0.15, -0.1) is 0 Å². The quantitative estimate of drug-likeness (QED) is 0.272. The largest absolute Gasteiger partial charge is 0.370 e. The standard InChI is InChI=1S/C10H23N2.C10H22N.C9H20NO.C9H20N/c1-10(2,3)11-6-8-12(4,5)9-7-11;1-10(2,3)11(4)8-6-5-7-9-11;1-9(2,3)10(4)5-7-11-8-6-10;1-9(2,3)10(4)7-5-6-8-10/h6-9H2,1-5H3;5-9H2,1-4H3;5-8H2,1-4H3;5-8H2,1-4H3/q4*+1. The summed E-state index contributed by atoms with van der Waals surface area (Å²) >= 11 is 0. The number of hydrogen-bond donors (Lipinski definition) is 0. The summed E-state index contributed by atoms with van der Waals surface area (Å²) in [6.07, 6.45) is 7.15. The van der Waals surface area contributed by atoms with E-state index in [1.165, 1.54) is 97.9 Å². The second-order valence-corrected chi connectivity index (χ2v) is 20.0. The van der Waals surface area contributed by atoms with Crippen LogP contribution in [0.4, 0.5) is 0 Å². The molecule has 4 aliphatic heterocycles. The lowest BCUT2D eigenvalue weighted by molar-refractivity contribution is -0.959.